The molecule has 0 radical (unpaired) electrons. The van der Waals surface area contributed by atoms with Crippen LogP contribution in [0.25, 0.3) is 0 Å². The number of allylic oxidation sites excluding steroid dienone is 2. The maximum atomic E-state index is 14.9. The maximum absolute atomic E-state index is 14.9. The Morgan fingerprint density at radius 2 is 2.17 bits per heavy atom. The van der Waals surface area contributed by atoms with Crippen molar-refractivity contribution in [2.45, 2.75) is 37.8 Å². The van der Waals surface area contributed by atoms with Crippen molar-refractivity contribution >= 4 is 50.3 Å². The Hall–Kier alpha value is -0.370. The number of halogens is 3. The summed E-state index contributed by atoms with van der Waals surface area (Å²) in [5.74, 6) is 0.0990. The summed E-state index contributed by atoms with van der Waals surface area (Å²) in [6.45, 7) is 1.51. The predicted molar refractivity (Wildman–Crippen MR) is 101 cm³/mol. The van der Waals surface area contributed by atoms with E-state index in [0.717, 1.165) is 25.2 Å². The van der Waals surface area contributed by atoms with Crippen LogP contribution in [0, 0.1) is 5.92 Å². The number of aliphatic imine (C=N–C) groups is 2. The van der Waals surface area contributed by atoms with E-state index >= 15 is 0 Å². The summed E-state index contributed by atoms with van der Waals surface area (Å²) in [5.41, 5.74) is 0.385. The van der Waals surface area contributed by atoms with E-state index in [4.69, 9.17) is 21.3 Å². The van der Waals surface area contributed by atoms with Gasteiger partial charge in [-0.1, -0.05) is 36.2 Å². The monoisotopic (exact) mass is 433 g/mol. The van der Waals surface area contributed by atoms with Crippen molar-refractivity contribution in [1.29, 1.82) is 0 Å². The van der Waals surface area contributed by atoms with Crippen molar-refractivity contribution in [2.24, 2.45) is 15.9 Å². The second kappa shape index (κ2) is 6.74. The topological polar surface area (TPSA) is 37.2 Å². The fourth-order valence-corrected chi connectivity index (χ4v) is 4.89. The molecule has 0 bridgehead atoms. The van der Waals surface area contributed by atoms with Crippen molar-refractivity contribution < 1.29 is 9.13 Å². The highest BCUT2D eigenvalue weighted by Crippen LogP contribution is 2.46. The van der Waals surface area contributed by atoms with Crippen LogP contribution in [0.3, 0.4) is 0 Å². The number of ether oxygens (including phenoxy) is 1. The molecule has 0 spiro atoms. The number of hydrogen-bond donors (Lipinski definition) is 0. The number of amidine groups is 2. The predicted octanol–water partition coefficient (Wildman–Crippen LogP) is 4.42. The first-order valence-electron chi connectivity index (χ1n) is 8.16. The van der Waals surface area contributed by atoms with Crippen molar-refractivity contribution in [3.05, 3.63) is 21.0 Å². The minimum absolute atomic E-state index is 0.253. The van der Waals surface area contributed by atoms with Crippen molar-refractivity contribution in [3.63, 3.8) is 0 Å². The van der Waals surface area contributed by atoms with Gasteiger partial charge < -0.3 is 9.64 Å². The van der Waals surface area contributed by atoms with Crippen LogP contribution < -0.4 is 0 Å². The van der Waals surface area contributed by atoms with E-state index in [0.29, 0.717) is 22.5 Å². The van der Waals surface area contributed by atoms with Gasteiger partial charge in [-0.05, 0) is 35.0 Å². The Balaban J connectivity index is 1.87. The van der Waals surface area contributed by atoms with Crippen molar-refractivity contribution in [2.75, 3.05) is 19.4 Å². The van der Waals surface area contributed by atoms with E-state index < -0.39 is 11.9 Å². The third kappa shape index (κ3) is 2.68. The van der Waals surface area contributed by atoms with Gasteiger partial charge in [-0.25, -0.2) is 14.4 Å². The number of hydrogen-bond acceptors (Lipinski definition) is 5. The van der Waals surface area contributed by atoms with E-state index in [1.54, 1.807) is 0 Å². The first-order valence-corrected chi connectivity index (χ1v) is 10.6. The number of nitrogens with zero attached hydrogens (tertiary/aromatic N) is 3. The molecule has 3 unspecified atom stereocenters. The zero-order chi connectivity index (χ0) is 16.8. The average Bonchev–Trinajstić information content (AvgIpc) is 2.91. The maximum Gasteiger partial charge on any atom is 0.189 e. The lowest BCUT2D eigenvalue weighted by Crippen LogP contribution is -2.46. The molecule has 3 heterocycles. The van der Waals surface area contributed by atoms with Gasteiger partial charge in [0.05, 0.1) is 33.8 Å². The molecule has 2 saturated heterocycles. The molecule has 130 valence electrons. The normalized spacial score (nSPS) is 33.3. The van der Waals surface area contributed by atoms with E-state index in [9.17, 15) is 4.39 Å². The second-order valence-electron chi connectivity index (χ2n) is 6.36. The van der Waals surface area contributed by atoms with E-state index in [1.165, 1.54) is 24.6 Å². The Morgan fingerprint density at radius 3 is 2.96 bits per heavy atom. The van der Waals surface area contributed by atoms with Gasteiger partial charge in [-0.3, -0.25) is 0 Å². The highest BCUT2D eigenvalue weighted by Gasteiger charge is 2.47. The number of thioether (sulfide) groups is 1. The van der Waals surface area contributed by atoms with Crippen molar-refractivity contribution in [1.82, 2.24) is 4.90 Å². The van der Waals surface area contributed by atoms with Gasteiger partial charge in [0.25, 0.3) is 0 Å². The zero-order valence-electron chi connectivity index (χ0n) is 13.3. The Morgan fingerprint density at radius 1 is 1.33 bits per heavy atom. The number of rotatable bonds is 0. The van der Waals surface area contributed by atoms with E-state index in [2.05, 4.69) is 25.8 Å². The summed E-state index contributed by atoms with van der Waals surface area (Å²) in [6.07, 6.45) is 6.06. The minimum atomic E-state index is -0.423. The fraction of sp³-hybridized carbons (Fsp3) is 0.625. The molecule has 4 nitrogen and oxygen atoms in total. The average molecular weight is 435 g/mol. The molecular formula is C16H18BrClFN3OS. The first kappa shape index (κ1) is 17.1. The summed E-state index contributed by atoms with van der Waals surface area (Å²) in [4.78, 5) is 11.5. The summed E-state index contributed by atoms with van der Waals surface area (Å²) in [6, 6.07) is 0.269. The van der Waals surface area contributed by atoms with Gasteiger partial charge in [-0.2, -0.15) is 0 Å². The van der Waals surface area contributed by atoms with Gasteiger partial charge in [0, 0.05) is 6.54 Å². The molecule has 0 N–H and O–H groups in total. The van der Waals surface area contributed by atoms with Crippen LogP contribution in [0.4, 0.5) is 4.39 Å². The number of fused-ring (bicyclic) bond motifs is 2. The largest absolute Gasteiger partial charge is 0.369 e. The summed E-state index contributed by atoms with van der Waals surface area (Å²) < 4.78 is 21.3. The van der Waals surface area contributed by atoms with Gasteiger partial charge >= 0.3 is 0 Å². The second-order valence-corrected chi connectivity index (χ2v) is 8.33. The van der Waals surface area contributed by atoms with Crippen LogP contribution in [0.15, 0.2) is 31.0 Å². The van der Waals surface area contributed by atoms with Crippen LogP contribution in [-0.2, 0) is 4.74 Å². The van der Waals surface area contributed by atoms with Gasteiger partial charge in [0.15, 0.2) is 11.0 Å². The summed E-state index contributed by atoms with van der Waals surface area (Å²) in [5, 5.41) is 0.961. The highest BCUT2D eigenvalue weighted by atomic mass is 79.9. The lowest BCUT2D eigenvalue weighted by Gasteiger charge is -2.36. The van der Waals surface area contributed by atoms with Crippen LogP contribution in [-0.4, -0.2) is 47.5 Å². The minimum Gasteiger partial charge on any atom is -0.369 e. The standard InChI is InChI=1S/C16H18BrClFN3OS/c1-24-16-20-13-9-14(11(18)10(17)12(13)19)23-7-8-5-3-2-4-6-22(8)15(9)21-16/h8-9,14H,2-7H2,1H3. The van der Waals surface area contributed by atoms with Gasteiger partial charge in [0.1, 0.15) is 11.9 Å². The third-order valence-corrected chi connectivity index (χ3v) is 6.96. The molecule has 0 aromatic heterocycles. The molecule has 3 aliphatic heterocycles. The smallest absolute Gasteiger partial charge is 0.189 e. The molecule has 0 amide bonds. The fourth-order valence-electron chi connectivity index (χ4n) is 3.81. The van der Waals surface area contributed by atoms with Crippen LogP contribution >= 0.6 is 39.3 Å². The lowest BCUT2D eigenvalue weighted by molar-refractivity contribution is 0.0510. The van der Waals surface area contributed by atoms with Crippen LogP contribution in [0.2, 0.25) is 0 Å². The molecule has 0 saturated carbocycles. The van der Waals surface area contributed by atoms with E-state index in [1.807, 2.05) is 6.26 Å². The molecule has 3 atom stereocenters. The molecule has 0 aromatic rings. The quantitative estimate of drug-likeness (QED) is 0.566. The molecule has 2 fully saturated rings. The SMILES string of the molecule is CSC1=NC2=C(F)C(Br)=C(Cl)C3OCC4CCCCCN4C(=N1)C23. The molecule has 4 aliphatic rings. The summed E-state index contributed by atoms with van der Waals surface area (Å²) in [7, 11) is 0. The van der Waals surface area contributed by atoms with Gasteiger partial charge in [0.2, 0.25) is 0 Å². The van der Waals surface area contributed by atoms with E-state index in [-0.39, 0.29) is 16.4 Å². The Bertz CT molecular complexity index is 693. The van der Waals surface area contributed by atoms with Crippen LogP contribution in [0.1, 0.15) is 25.7 Å². The summed E-state index contributed by atoms with van der Waals surface area (Å²) >= 11 is 11.1. The lowest BCUT2D eigenvalue weighted by atomic mass is 9.90. The highest BCUT2D eigenvalue weighted by molar-refractivity contribution is 9.12. The Labute approximate surface area is 158 Å². The zero-order valence-corrected chi connectivity index (χ0v) is 16.4. The first-order chi connectivity index (χ1) is 11.6. The van der Waals surface area contributed by atoms with Gasteiger partial charge in [-0.15, -0.1) is 0 Å². The molecule has 8 heteroatoms. The van der Waals surface area contributed by atoms with Crippen molar-refractivity contribution in [3.8, 4) is 0 Å². The molecule has 0 aromatic carbocycles. The molecule has 24 heavy (non-hydrogen) atoms. The molecule has 1 aliphatic carbocycles. The molecule has 4 rings (SSSR count). The Kier molecular flexibility index (Phi) is 4.79. The van der Waals surface area contributed by atoms with Crippen LogP contribution in [0.5, 0.6) is 0 Å². The third-order valence-electron chi connectivity index (χ3n) is 5.00. The molecular weight excluding hydrogens is 417 g/mol.